The molecule has 2 N–H and O–H groups in total. The van der Waals surface area contributed by atoms with E-state index in [2.05, 4.69) is 32.2 Å². The van der Waals surface area contributed by atoms with Crippen LogP contribution in [-0.2, 0) is 13.2 Å². The van der Waals surface area contributed by atoms with E-state index in [0.717, 1.165) is 12.1 Å². The van der Waals surface area contributed by atoms with Gasteiger partial charge in [0.25, 0.3) is 0 Å². The van der Waals surface area contributed by atoms with Crippen molar-refractivity contribution in [2.75, 3.05) is 0 Å². The van der Waals surface area contributed by atoms with Crippen LogP contribution < -0.4 is 5.32 Å². The average molecular weight is 221 g/mol. The molecular weight excluding hydrogens is 198 g/mol. The molecule has 0 radical (unpaired) electrons. The molecule has 0 spiro atoms. The molecule has 0 amide bonds. The van der Waals surface area contributed by atoms with Gasteiger partial charge in [-0.2, -0.15) is 0 Å². The molecule has 0 heterocycles. The van der Waals surface area contributed by atoms with Gasteiger partial charge in [-0.3, -0.25) is 0 Å². The molecule has 0 aliphatic heterocycles. The Labute approximate surface area is 98.7 Å². The highest BCUT2D eigenvalue weighted by molar-refractivity contribution is 5.26. The highest BCUT2D eigenvalue weighted by atomic mass is 16.3. The smallest absolute Gasteiger partial charge is 0.0685 e. The lowest BCUT2D eigenvalue weighted by atomic mass is 10.00. The van der Waals surface area contributed by atoms with Crippen molar-refractivity contribution in [3.63, 3.8) is 0 Å². The highest BCUT2D eigenvalue weighted by Crippen LogP contribution is 2.11. The van der Waals surface area contributed by atoms with Crippen LogP contribution in [0, 0.1) is 5.92 Å². The van der Waals surface area contributed by atoms with E-state index in [1.165, 1.54) is 12.0 Å². The molecule has 0 bridgehead atoms. The van der Waals surface area contributed by atoms with Gasteiger partial charge in [-0.25, -0.2) is 0 Å². The van der Waals surface area contributed by atoms with E-state index in [-0.39, 0.29) is 6.61 Å². The Bertz CT molecular complexity index is 311. The van der Waals surface area contributed by atoms with Gasteiger partial charge in [0.05, 0.1) is 6.61 Å². The topological polar surface area (TPSA) is 32.3 Å². The summed E-state index contributed by atoms with van der Waals surface area (Å²) in [5.74, 6) is 0.682. The minimum Gasteiger partial charge on any atom is -0.392 e. The van der Waals surface area contributed by atoms with Crippen LogP contribution in [0.5, 0.6) is 0 Å². The maximum atomic E-state index is 9.21. The van der Waals surface area contributed by atoms with Gasteiger partial charge >= 0.3 is 0 Å². The van der Waals surface area contributed by atoms with E-state index < -0.39 is 0 Å². The summed E-state index contributed by atoms with van der Waals surface area (Å²) in [4.78, 5) is 0. The standard InChI is InChI=1S/C14H23NO/c1-4-11(2)12(3)15-9-13-7-5-6-8-14(13)10-16/h5-8,11-12,15-16H,4,9-10H2,1-3H3. The number of aliphatic hydroxyl groups excluding tert-OH is 1. The second-order valence-electron chi connectivity index (χ2n) is 4.48. The van der Waals surface area contributed by atoms with Gasteiger partial charge < -0.3 is 10.4 Å². The molecule has 0 aromatic heterocycles. The lowest BCUT2D eigenvalue weighted by molar-refractivity contribution is 0.279. The van der Waals surface area contributed by atoms with E-state index in [1.54, 1.807) is 0 Å². The van der Waals surface area contributed by atoms with Gasteiger partial charge in [-0.1, -0.05) is 44.5 Å². The lowest BCUT2D eigenvalue weighted by Gasteiger charge is -2.20. The molecule has 0 aliphatic carbocycles. The van der Waals surface area contributed by atoms with Crippen LogP contribution in [0.1, 0.15) is 38.3 Å². The van der Waals surface area contributed by atoms with Crippen molar-refractivity contribution < 1.29 is 5.11 Å². The second kappa shape index (κ2) is 6.66. The summed E-state index contributed by atoms with van der Waals surface area (Å²) in [5, 5.41) is 12.7. The Morgan fingerprint density at radius 1 is 1.19 bits per heavy atom. The molecule has 2 unspecified atom stereocenters. The van der Waals surface area contributed by atoms with Crippen molar-refractivity contribution in [2.45, 2.75) is 46.4 Å². The molecule has 1 rings (SSSR count). The number of nitrogens with one attached hydrogen (secondary N) is 1. The van der Waals surface area contributed by atoms with Crippen LogP contribution >= 0.6 is 0 Å². The first-order valence-electron chi connectivity index (χ1n) is 6.10. The number of hydrogen-bond acceptors (Lipinski definition) is 2. The lowest BCUT2D eigenvalue weighted by Crippen LogP contribution is -2.31. The Morgan fingerprint density at radius 2 is 1.81 bits per heavy atom. The summed E-state index contributed by atoms with van der Waals surface area (Å²) < 4.78 is 0. The van der Waals surface area contributed by atoms with Crippen LogP contribution in [0.3, 0.4) is 0 Å². The monoisotopic (exact) mass is 221 g/mol. The summed E-state index contributed by atoms with van der Waals surface area (Å²) >= 11 is 0. The van der Waals surface area contributed by atoms with Gasteiger partial charge in [0.15, 0.2) is 0 Å². The largest absolute Gasteiger partial charge is 0.392 e. The maximum Gasteiger partial charge on any atom is 0.0685 e. The van der Waals surface area contributed by atoms with E-state index >= 15 is 0 Å². The first-order valence-corrected chi connectivity index (χ1v) is 6.10. The molecular formula is C14H23NO. The normalized spacial score (nSPS) is 14.8. The zero-order valence-corrected chi connectivity index (χ0v) is 10.5. The molecule has 2 nitrogen and oxygen atoms in total. The SMILES string of the molecule is CCC(C)C(C)NCc1ccccc1CO. The molecule has 0 saturated heterocycles. The van der Waals surface area contributed by atoms with Crippen molar-refractivity contribution in [2.24, 2.45) is 5.92 Å². The zero-order chi connectivity index (χ0) is 12.0. The van der Waals surface area contributed by atoms with Crippen LogP contribution in [0.2, 0.25) is 0 Å². The van der Waals surface area contributed by atoms with Gasteiger partial charge in [0, 0.05) is 12.6 Å². The molecule has 1 aromatic carbocycles. The van der Waals surface area contributed by atoms with Gasteiger partial charge in [0.2, 0.25) is 0 Å². The third kappa shape index (κ3) is 3.62. The second-order valence-corrected chi connectivity index (χ2v) is 4.48. The molecule has 16 heavy (non-hydrogen) atoms. The molecule has 0 fully saturated rings. The minimum atomic E-state index is 0.121. The number of aliphatic hydroxyl groups is 1. The van der Waals surface area contributed by atoms with E-state index in [4.69, 9.17) is 0 Å². The fourth-order valence-corrected chi connectivity index (χ4v) is 1.71. The van der Waals surface area contributed by atoms with E-state index in [9.17, 15) is 5.11 Å². The summed E-state index contributed by atoms with van der Waals surface area (Å²) in [7, 11) is 0. The highest BCUT2D eigenvalue weighted by Gasteiger charge is 2.09. The van der Waals surface area contributed by atoms with Gasteiger partial charge in [0.1, 0.15) is 0 Å². The first-order chi connectivity index (χ1) is 7.69. The van der Waals surface area contributed by atoms with Crippen molar-refractivity contribution >= 4 is 0 Å². The Kier molecular flexibility index (Phi) is 5.50. The Balaban J connectivity index is 2.54. The van der Waals surface area contributed by atoms with Crippen molar-refractivity contribution in [1.29, 1.82) is 0 Å². The van der Waals surface area contributed by atoms with Gasteiger partial charge in [-0.05, 0) is 24.0 Å². The number of hydrogen-bond donors (Lipinski definition) is 2. The molecule has 2 heteroatoms. The van der Waals surface area contributed by atoms with Crippen LogP contribution in [0.25, 0.3) is 0 Å². The summed E-state index contributed by atoms with van der Waals surface area (Å²) in [6.45, 7) is 7.65. The number of benzene rings is 1. The fraction of sp³-hybridized carbons (Fsp3) is 0.571. The maximum absolute atomic E-state index is 9.21. The average Bonchev–Trinajstić information content (AvgIpc) is 2.35. The van der Waals surface area contributed by atoms with Crippen LogP contribution in [-0.4, -0.2) is 11.1 Å². The van der Waals surface area contributed by atoms with Crippen molar-refractivity contribution in [3.05, 3.63) is 35.4 Å². The molecule has 2 atom stereocenters. The summed E-state index contributed by atoms with van der Waals surface area (Å²) in [6.07, 6.45) is 1.19. The minimum absolute atomic E-state index is 0.121. The Morgan fingerprint density at radius 3 is 2.38 bits per heavy atom. The predicted molar refractivity (Wildman–Crippen MR) is 68.1 cm³/mol. The summed E-state index contributed by atoms with van der Waals surface area (Å²) in [6, 6.07) is 8.54. The van der Waals surface area contributed by atoms with Crippen LogP contribution in [0.15, 0.2) is 24.3 Å². The molecule has 0 saturated carbocycles. The van der Waals surface area contributed by atoms with Crippen molar-refractivity contribution in [1.82, 2.24) is 5.32 Å². The third-order valence-electron chi connectivity index (χ3n) is 3.40. The zero-order valence-electron chi connectivity index (χ0n) is 10.5. The number of rotatable bonds is 6. The molecule has 1 aromatic rings. The van der Waals surface area contributed by atoms with Crippen LogP contribution in [0.4, 0.5) is 0 Å². The van der Waals surface area contributed by atoms with Gasteiger partial charge in [-0.15, -0.1) is 0 Å². The summed E-state index contributed by atoms with van der Waals surface area (Å²) in [5.41, 5.74) is 2.21. The molecule has 90 valence electrons. The third-order valence-corrected chi connectivity index (χ3v) is 3.40. The van der Waals surface area contributed by atoms with E-state index in [0.29, 0.717) is 12.0 Å². The first kappa shape index (κ1) is 13.2. The quantitative estimate of drug-likeness (QED) is 0.774. The van der Waals surface area contributed by atoms with Crippen molar-refractivity contribution in [3.8, 4) is 0 Å². The Hall–Kier alpha value is -0.860. The predicted octanol–water partition coefficient (Wildman–Crippen LogP) is 2.70. The van der Waals surface area contributed by atoms with E-state index in [1.807, 2.05) is 18.2 Å². The fourth-order valence-electron chi connectivity index (χ4n) is 1.71. The molecule has 0 aliphatic rings.